The average molecular weight is 441 g/mol. The molecule has 0 unspecified atom stereocenters. The molecule has 2 aromatic rings. The van der Waals surface area contributed by atoms with Gasteiger partial charge in [0.1, 0.15) is 6.54 Å². The first kappa shape index (κ1) is 22.6. The topological polar surface area (TPSA) is 66.5 Å². The number of halogens is 1. The number of anilines is 1. The van der Waals surface area contributed by atoms with E-state index in [1.807, 2.05) is 13.8 Å². The molecule has 0 aliphatic heterocycles. The lowest BCUT2D eigenvalue weighted by Crippen LogP contribution is -2.40. The zero-order valence-corrected chi connectivity index (χ0v) is 18.6. The molecule has 0 spiro atoms. The van der Waals surface area contributed by atoms with Gasteiger partial charge in [0.05, 0.1) is 11.9 Å². The Morgan fingerprint density at radius 1 is 1.14 bits per heavy atom. The van der Waals surface area contributed by atoms with E-state index in [9.17, 15) is 13.2 Å². The first-order valence-corrected chi connectivity index (χ1v) is 12.1. The largest absolute Gasteiger partial charge is 0.354 e. The summed E-state index contributed by atoms with van der Waals surface area (Å²) in [7, 11) is -3.61. The van der Waals surface area contributed by atoms with E-state index in [-0.39, 0.29) is 12.5 Å². The fraction of sp³-hybridized carbons (Fsp3) is 0.350. The second-order valence-electron chi connectivity index (χ2n) is 6.57. The van der Waals surface area contributed by atoms with Crippen molar-refractivity contribution >= 4 is 45.0 Å². The molecule has 5 nitrogen and oxygen atoms in total. The van der Waals surface area contributed by atoms with Crippen LogP contribution in [0.15, 0.2) is 47.4 Å². The van der Waals surface area contributed by atoms with Gasteiger partial charge in [0.25, 0.3) is 0 Å². The number of carbonyl (C=O) groups excluding carboxylic acids is 1. The molecule has 1 amide bonds. The number of hydrogen-bond acceptors (Lipinski definition) is 4. The molecule has 0 saturated heterocycles. The van der Waals surface area contributed by atoms with E-state index in [0.717, 1.165) is 28.3 Å². The predicted octanol–water partition coefficient (Wildman–Crippen LogP) is 4.02. The lowest BCUT2D eigenvalue weighted by molar-refractivity contribution is -0.119. The first-order valence-electron chi connectivity index (χ1n) is 8.87. The Bertz CT molecular complexity index is 916. The van der Waals surface area contributed by atoms with Crippen LogP contribution in [0.25, 0.3) is 0 Å². The van der Waals surface area contributed by atoms with Crippen molar-refractivity contribution in [3.05, 3.63) is 58.6 Å². The quantitative estimate of drug-likeness (QED) is 0.472. The van der Waals surface area contributed by atoms with Crippen molar-refractivity contribution in [2.75, 3.05) is 29.4 Å². The Kier molecular flexibility index (Phi) is 8.22. The molecular formula is C20H25ClN2O3S2. The molecule has 0 atom stereocenters. The summed E-state index contributed by atoms with van der Waals surface area (Å²) >= 11 is 7.82. The van der Waals surface area contributed by atoms with Crippen LogP contribution in [0, 0.1) is 13.8 Å². The lowest BCUT2D eigenvalue weighted by Gasteiger charge is -2.22. The molecule has 1 N–H and O–H groups in total. The minimum atomic E-state index is -3.61. The molecule has 2 rings (SSSR count). The van der Waals surface area contributed by atoms with E-state index in [4.69, 9.17) is 11.6 Å². The van der Waals surface area contributed by atoms with Crippen LogP contribution in [0.5, 0.6) is 0 Å². The van der Waals surface area contributed by atoms with E-state index in [1.165, 1.54) is 10.5 Å². The van der Waals surface area contributed by atoms with Gasteiger partial charge in [0.2, 0.25) is 15.9 Å². The number of thioether (sulfide) groups is 1. The van der Waals surface area contributed by atoms with Crippen LogP contribution in [0.3, 0.4) is 0 Å². The molecule has 28 heavy (non-hydrogen) atoms. The second kappa shape index (κ2) is 10.2. The number of benzene rings is 2. The Balaban J connectivity index is 1.84. The van der Waals surface area contributed by atoms with Gasteiger partial charge in [-0.2, -0.15) is 0 Å². The van der Waals surface area contributed by atoms with E-state index in [1.54, 1.807) is 30.0 Å². The second-order valence-corrected chi connectivity index (χ2v) is 10.1. The SMILES string of the molecule is Cc1ccc(SCCCNC(=O)CN(c2ccc(C)c(Cl)c2)S(C)(=O)=O)cc1. The highest BCUT2D eigenvalue weighted by Gasteiger charge is 2.21. The molecule has 2 aromatic carbocycles. The summed E-state index contributed by atoms with van der Waals surface area (Å²) in [5.41, 5.74) is 2.44. The zero-order valence-electron chi connectivity index (χ0n) is 16.2. The maximum Gasteiger partial charge on any atom is 0.240 e. The van der Waals surface area contributed by atoms with Crippen molar-refractivity contribution < 1.29 is 13.2 Å². The summed E-state index contributed by atoms with van der Waals surface area (Å²) in [6, 6.07) is 13.2. The van der Waals surface area contributed by atoms with E-state index < -0.39 is 10.0 Å². The fourth-order valence-electron chi connectivity index (χ4n) is 2.45. The zero-order chi connectivity index (χ0) is 20.7. The number of carbonyl (C=O) groups is 1. The van der Waals surface area contributed by atoms with Crippen molar-refractivity contribution in [3.8, 4) is 0 Å². The number of nitrogens with zero attached hydrogens (tertiary/aromatic N) is 1. The van der Waals surface area contributed by atoms with Crippen LogP contribution < -0.4 is 9.62 Å². The van der Waals surface area contributed by atoms with Gasteiger partial charge in [0.15, 0.2) is 0 Å². The number of hydrogen-bond donors (Lipinski definition) is 1. The Hall–Kier alpha value is -1.70. The van der Waals surface area contributed by atoms with Gasteiger partial charge in [-0.3, -0.25) is 9.10 Å². The smallest absolute Gasteiger partial charge is 0.240 e. The van der Waals surface area contributed by atoms with Gasteiger partial charge in [-0.1, -0.05) is 35.4 Å². The summed E-state index contributed by atoms with van der Waals surface area (Å²) in [4.78, 5) is 13.4. The van der Waals surface area contributed by atoms with Crippen molar-refractivity contribution in [2.24, 2.45) is 0 Å². The van der Waals surface area contributed by atoms with Crippen molar-refractivity contribution in [1.82, 2.24) is 5.32 Å². The lowest BCUT2D eigenvalue weighted by atomic mass is 10.2. The van der Waals surface area contributed by atoms with E-state index in [2.05, 4.69) is 29.6 Å². The number of sulfonamides is 1. The molecule has 0 radical (unpaired) electrons. The Morgan fingerprint density at radius 2 is 1.82 bits per heavy atom. The molecule has 0 aliphatic rings. The van der Waals surface area contributed by atoms with Gasteiger partial charge >= 0.3 is 0 Å². The highest BCUT2D eigenvalue weighted by Crippen LogP contribution is 2.24. The Labute approximate surface area is 176 Å². The molecule has 0 heterocycles. The van der Waals surface area contributed by atoms with Crippen LogP contribution in [0.2, 0.25) is 5.02 Å². The van der Waals surface area contributed by atoms with Gasteiger partial charge in [-0.25, -0.2) is 8.42 Å². The highest BCUT2D eigenvalue weighted by atomic mass is 35.5. The van der Waals surface area contributed by atoms with Crippen LogP contribution in [-0.2, 0) is 14.8 Å². The summed E-state index contributed by atoms with van der Waals surface area (Å²) in [6.07, 6.45) is 1.87. The predicted molar refractivity (Wildman–Crippen MR) is 118 cm³/mol. The minimum Gasteiger partial charge on any atom is -0.354 e. The van der Waals surface area contributed by atoms with Gasteiger partial charge in [-0.15, -0.1) is 11.8 Å². The summed E-state index contributed by atoms with van der Waals surface area (Å²) < 4.78 is 25.3. The van der Waals surface area contributed by atoms with Crippen LogP contribution in [0.4, 0.5) is 5.69 Å². The molecule has 8 heteroatoms. The molecule has 0 bridgehead atoms. The molecule has 0 fully saturated rings. The average Bonchev–Trinajstić information content (AvgIpc) is 2.62. The van der Waals surface area contributed by atoms with E-state index >= 15 is 0 Å². The molecular weight excluding hydrogens is 416 g/mol. The van der Waals surface area contributed by atoms with Crippen molar-refractivity contribution in [3.63, 3.8) is 0 Å². The molecule has 152 valence electrons. The highest BCUT2D eigenvalue weighted by molar-refractivity contribution is 7.99. The third-order valence-electron chi connectivity index (χ3n) is 4.06. The third-order valence-corrected chi connectivity index (χ3v) is 6.71. The van der Waals surface area contributed by atoms with Crippen molar-refractivity contribution in [2.45, 2.75) is 25.2 Å². The third kappa shape index (κ3) is 7.04. The molecule has 0 aromatic heterocycles. The van der Waals surface area contributed by atoms with E-state index in [0.29, 0.717) is 17.3 Å². The molecule has 0 saturated carbocycles. The number of rotatable bonds is 9. The maximum absolute atomic E-state index is 12.2. The summed E-state index contributed by atoms with van der Waals surface area (Å²) in [6.45, 7) is 4.10. The molecule has 0 aliphatic carbocycles. The van der Waals surface area contributed by atoms with Crippen LogP contribution in [0.1, 0.15) is 17.5 Å². The maximum atomic E-state index is 12.2. The fourth-order valence-corrected chi connectivity index (χ4v) is 4.32. The van der Waals surface area contributed by atoms with Gasteiger partial charge in [0, 0.05) is 16.5 Å². The number of amides is 1. The number of nitrogens with one attached hydrogen (secondary N) is 1. The van der Waals surface area contributed by atoms with Gasteiger partial charge < -0.3 is 5.32 Å². The van der Waals surface area contributed by atoms with Crippen molar-refractivity contribution in [1.29, 1.82) is 0 Å². The standard InChI is InChI=1S/C20H25ClN2O3S2/c1-15-5-9-18(10-6-15)27-12-4-11-22-20(24)14-23(28(3,25)26)17-8-7-16(2)19(21)13-17/h5-10,13H,4,11-12,14H2,1-3H3,(H,22,24). The monoisotopic (exact) mass is 440 g/mol. The summed E-state index contributed by atoms with van der Waals surface area (Å²) in [5.74, 6) is 0.523. The summed E-state index contributed by atoms with van der Waals surface area (Å²) in [5, 5.41) is 3.24. The first-order chi connectivity index (χ1) is 13.2. The van der Waals surface area contributed by atoms with Crippen LogP contribution in [-0.4, -0.2) is 39.4 Å². The van der Waals surface area contributed by atoms with Crippen LogP contribution >= 0.6 is 23.4 Å². The minimum absolute atomic E-state index is 0.274. The normalized spacial score (nSPS) is 11.3. The number of aryl methyl sites for hydroxylation is 2. The Morgan fingerprint density at radius 3 is 2.43 bits per heavy atom. The van der Waals surface area contributed by atoms with Gasteiger partial charge in [-0.05, 0) is 55.9 Å².